The maximum Gasteiger partial charge on any atom is 0.234 e. The molecule has 1 aromatic carbocycles. The molecule has 1 unspecified atom stereocenters. The number of piperazine rings is 1. The van der Waals surface area contributed by atoms with Gasteiger partial charge in [-0.1, -0.05) is 31.5 Å². The first-order valence-electron chi connectivity index (χ1n) is 10.9. The third kappa shape index (κ3) is 7.17. The summed E-state index contributed by atoms with van der Waals surface area (Å²) in [6.07, 6.45) is 0.0591. The average molecular weight is 441 g/mol. The summed E-state index contributed by atoms with van der Waals surface area (Å²) < 4.78 is 19.8. The molecule has 2 aliphatic rings. The van der Waals surface area contributed by atoms with Crippen LogP contribution in [-0.2, 0) is 16.1 Å². The highest BCUT2D eigenvalue weighted by Crippen LogP contribution is 2.21. The molecule has 30 heavy (non-hydrogen) atoms. The van der Waals surface area contributed by atoms with Crippen molar-refractivity contribution in [3.8, 4) is 0 Å². The van der Waals surface area contributed by atoms with Gasteiger partial charge in [-0.2, -0.15) is 0 Å². The molecule has 1 N–H and O–H groups in total. The monoisotopic (exact) mass is 440 g/mol. The van der Waals surface area contributed by atoms with E-state index in [-0.39, 0.29) is 17.8 Å². The summed E-state index contributed by atoms with van der Waals surface area (Å²) >= 11 is 6.14. The molecule has 0 saturated carbocycles. The molecular weight excluding hydrogens is 407 g/mol. The third-order valence-corrected chi connectivity index (χ3v) is 6.00. The lowest BCUT2D eigenvalue weighted by molar-refractivity contribution is -0.124. The minimum absolute atomic E-state index is 0.0326. The Bertz CT molecular complexity index is 677. The van der Waals surface area contributed by atoms with Gasteiger partial charge in [-0.05, 0) is 18.1 Å². The van der Waals surface area contributed by atoms with Crippen molar-refractivity contribution in [3.63, 3.8) is 0 Å². The molecule has 2 fully saturated rings. The zero-order valence-corrected chi connectivity index (χ0v) is 18.8. The average Bonchev–Trinajstić information content (AvgIpc) is 2.70. The van der Waals surface area contributed by atoms with E-state index in [0.29, 0.717) is 36.1 Å². The molecule has 3 rings (SSSR count). The van der Waals surface area contributed by atoms with Crippen LogP contribution in [0.15, 0.2) is 18.2 Å². The van der Waals surface area contributed by atoms with Crippen LogP contribution < -0.4 is 5.32 Å². The van der Waals surface area contributed by atoms with Crippen LogP contribution in [0.4, 0.5) is 4.39 Å². The summed E-state index contributed by atoms with van der Waals surface area (Å²) in [5.74, 6) is 0.401. The van der Waals surface area contributed by atoms with Crippen LogP contribution in [0, 0.1) is 11.7 Å². The molecule has 1 amide bonds. The highest BCUT2D eigenvalue weighted by molar-refractivity contribution is 6.31. The van der Waals surface area contributed by atoms with Crippen molar-refractivity contribution in [2.24, 2.45) is 5.92 Å². The maximum absolute atomic E-state index is 14.0. The Morgan fingerprint density at radius 1 is 1.20 bits per heavy atom. The van der Waals surface area contributed by atoms with E-state index in [0.717, 1.165) is 52.4 Å². The van der Waals surface area contributed by atoms with Gasteiger partial charge in [0, 0.05) is 69.5 Å². The SMILES string of the molecule is CC(C)CN1CCOC(CNC(=O)CN2CCN(Cc3c(F)cccc3Cl)CC2)C1. The van der Waals surface area contributed by atoms with Gasteiger partial charge in [0.25, 0.3) is 0 Å². The molecule has 1 aromatic rings. The van der Waals surface area contributed by atoms with Gasteiger partial charge >= 0.3 is 0 Å². The van der Waals surface area contributed by atoms with Gasteiger partial charge in [0.05, 0.1) is 19.3 Å². The number of morpholine rings is 1. The predicted molar refractivity (Wildman–Crippen MR) is 117 cm³/mol. The summed E-state index contributed by atoms with van der Waals surface area (Å²) in [7, 11) is 0. The van der Waals surface area contributed by atoms with Crippen LogP contribution in [0.5, 0.6) is 0 Å². The third-order valence-electron chi connectivity index (χ3n) is 5.65. The van der Waals surface area contributed by atoms with Gasteiger partial charge in [-0.15, -0.1) is 0 Å². The molecule has 6 nitrogen and oxygen atoms in total. The van der Waals surface area contributed by atoms with E-state index in [4.69, 9.17) is 16.3 Å². The van der Waals surface area contributed by atoms with Crippen molar-refractivity contribution in [1.29, 1.82) is 0 Å². The number of ether oxygens (including phenoxy) is 1. The number of hydrogen-bond donors (Lipinski definition) is 1. The predicted octanol–water partition coefficient (Wildman–Crippen LogP) is 2.07. The van der Waals surface area contributed by atoms with Crippen LogP contribution in [0.2, 0.25) is 5.02 Å². The van der Waals surface area contributed by atoms with E-state index in [2.05, 4.69) is 33.9 Å². The Balaban J connectivity index is 1.35. The first-order chi connectivity index (χ1) is 14.4. The summed E-state index contributed by atoms with van der Waals surface area (Å²) in [6, 6.07) is 4.79. The summed E-state index contributed by atoms with van der Waals surface area (Å²) in [6.45, 7) is 12.6. The lowest BCUT2D eigenvalue weighted by atomic mass is 10.1. The van der Waals surface area contributed by atoms with E-state index in [1.54, 1.807) is 12.1 Å². The largest absolute Gasteiger partial charge is 0.374 e. The molecule has 0 aromatic heterocycles. The number of carbonyl (C=O) groups excluding carboxylic acids is 1. The number of nitrogens with one attached hydrogen (secondary N) is 1. The topological polar surface area (TPSA) is 48.1 Å². The number of carbonyl (C=O) groups is 1. The molecule has 168 valence electrons. The van der Waals surface area contributed by atoms with Gasteiger partial charge in [0.15, 0.2) is 0 Å². The number of benzene rings is 1. The van der Waals surface area contributed by atoms with Crippen molar-refractivity contribution in [3.05, 3.63) is 34.6 Å². The summed E-state index contributed by atoms with van der Waals surface area (Å²) in [4.78, 5) is 19.1. The van der Waals surface area contributed by atoms with Gasteiger partial charge in [-0.3, -0.25) is 19.5 Å². The van der Waals surface area contributed by atoms with Crippen LogP contribution in [0.1, 0.15) is 19.4 Å². The highest BCUT2D eigenvalue weighted by atomic mass is 35.5. The van der Waals surface area contributed by atoms with Crippen LogP contribution in [0.3, 0.4) is 0 Å². The summed E-state index contributed by atoms with van der Waals surface area (Å²) in [5, 5.41) is 3.49. The van der Waals surface area contributed by atoms with Crippen LogP contribution in [0.25, 0.3) is 0 Å². The van der Waals surface area contributed by atoms with Crippen LogP contribution >= 0.6 is 11.6 Å². The second-order valence-corrected chi connectivity index (χ2v) is 9.11. The van der Waals surface area contributed by atoms with E-state index >= 15 is 0 Å². The second kappa shape index (κ2) is 11.4. The molecule has 0 radical (unpaired) electrons. The summed E-state index contributed by atoms with van der Waals surface area (Å²) in [5.41, 5.74) is 0.546. The van der Waals surface area contributed by atoms with Crippen molar-refractivity contribution >= 4 is 17.5 Å². The number of rotatable bonds is 8. The Kier molecular flexibility index (Phi) is 8.89. The molecule has 1 atom stereocenters. The van der Waals surface area contributed by atoms with E-state index < -0.39 is 0 Å². The van der Waals surface area contributed by atoms with Crippen molar-refractivity contribution in [1.82, 2.24) is 20.0 Å². The number of hydrogen-bond acceptors (Lipinski definition) is 5. The fraction of sp³-hybridized carbons (Fsp3) is 0.682. The fourth-order valence-corrected chi connectivity index (χ4v) is 4.31. The molecule has 2 aliphatic heterocycles. The lowest BCUT2D eigenvalue weighted by Gasteiger charge is -2.35. The first kappa shape index (κ1) is 23.4. The quantitative estimate of drug-likeness (QED) is 0.670. The van der Waals surface area contributed by atoms with Gasteiger partial charge in [0.1, 0.15) is 5.82 Å². The van der Waals surface area contributed by atoms with E-state index in [1.165, 1.54) is 6.07 Å². The van der Waals surface area contributed by atoms with E-state index in [1.807, 2.05) is 0 Å². The zero-order chi connectivity index (χ0) is 21.5. The van der Waals surface area contributed by atoms with Crippen molar-refractivity contribution in [2.75, 3.05) is 65.5 Å². The highest BCUT2D eigenvalue weighted by Gasteiger charge is 2.23. The maximum atomic E-state index is 14.0. The fourth-order valence-electron chi connectivity index (χ4n) is 4.09. The minimum Gasteiger partial charge on any atom is -0.374 e. The Morgan fingerprint density at radius 2 is 1.93 bits per heavy atom. The Morgan fingerprint density at radius 3 is 2.63 bits per heavy atom. The Hall–Kier alpha value is -1.25. The molecule has 2 saturated heterocycles. The van der Waals surface area contributed by atoms with Crippen molar-refractivity contribution in [2.45, 2.75) is 26.5 Å². The van der Waals surface area contributed by atoms with Gasteiger partial charge in [-0.25, -0.2) is 4.39 Å². The standard InChI is InChI=1S/C22H34ClFN4O2/c1-17(2)13-28-10-11-30-18(14-28)12-25-22(29)16-27-8-6-26(7-9-27)15-19-20(23)4-3-5-21(19)24/h3-5,17-18H,6-16H2,1-2H3,(H,25,29). The molecule has 8 heteroatoms. The normalized spacial score (nSPS) is 21.8. The van der Waals surface area contributed by atoms with Crippen molar-refractivity contribution < 1.29 is 13.9 Å². The van der Waals surface area contributed by atoms with Gasteiger partial charge < -0.3 is 10.1 Å². The molecule has 0 aliphatic carbocycles. The molecule has 0 bridgehead atoms. The molecule has 2 heterocycles. The van der Waals surface area contributed by atoms with Crippen LogP contribution in [-0.4, -0.2) is 92.2 Å². The Labute approximate surface area is 184 Å². The van der Waals surface area contributed by atoms with E-state index in [9.17, 15) is 9.18 Å². The molecule has 0 spiro atoms. The molecular formula is C22H34ClFN4O2. The lowest BCUT2D eigenvalue weighted by Crippen LogP contribution is -2.51. The smallest absolute Gasteiger partial charge is 0.234 e. The zero-order valence-electron chi connectivity index (χ0n) is 18.1. The number of amides is 1. The number of halogens is 2. The minimum atomic E-state index is -0.263. The number of nitrogens with zero attached hydrogens (tertiary/aromatic N) is 3. The van der Waals surface area contributed by atoms with Gasteiger partial charge in [0.2, 0.25) is 5.91 Å². The second-order valence-electron chi connectivity index (χ2n) is 8.70. The first-order valence-corrected chi connectivity index (χ1v) is 11.3.